The molecule has 0 saturated heterocycles. The summed E-state index contributed by atoms with van der Waals surface area (Å²) in [4.78, 5) is 0. The van der Waals surface area contributed by atoms with Gasteiger partial charge in [0.2, 0.25) is 0 Å². The molecule has 0 unspecified atom stereocenters. The van der Waals surface area contributed by atoms with Crippen LogP contribution in [0.2, 0.25) is 0 Å². The van der Waals surface area contributed by atoms with Crippen molar-refractivity contribution in [2.45, 2.75) is 96.8 Å². The van der Waals surface area contributed by atoms with Crippen LogP contribution in [0.5, 0.6) is 0 Å². The number of nitrogens with one attached hydrogen (secondary N) is 1. The van der Waals surface area contributed by atoms with Crippen LogP contribution in [-0.4, -0.2) is 31.8 Å². The van der Waals surface area contributed by atoms with Crippen LogP contribution in [-0.2, 0) is 10.1 Å². The van der Waals surface area contributed by atoms with Crippen molar-refractivity contribution in [2.24, 2.45) is 0 Å². The molecule has 0 spiro atoms. The van der Waals surface area contributed by atoms with Crippen molar-refractivity contribution in [1.29, 1.82) is 0 Å². The zero-order valence-electron chi connectivity index (χ0n) is 19.2. The molecule has 7 heteroatoms. The van der Waals surface area contributed by atoms with Crippen molar-refractivity contribution in [3.05, 3.63) is 0 Å². The second-order valence-corrected chi connectivity index (χ2v) is 8.20. The summed E-state index contributed by atoms with van der Waals surface area (Å²) in [6.45, 7) is 3.45. The van der Waals surface area contributed by atoms with Gasteiger partial charge in [-0.25, -0.2) is 0 Å². The van der Waals surface area contributed by atoms with Crippen LogP contribution in [0.1, 0.15) is 99.7 Å². The fourth-order valence-corrected chi connectivity index (χ4v) is 3.17. The second kappa shape index (κ2) is 23.9. The average molecular weight is 398 g/mol. The molecule has 0 aromatic carbocycles. The maximum atomic E-state index is 10.5. The van der Waals surface area contributed by atoms with E-state index < -0.39 is 10.1 Å². The first-order valence-electron chi connectivity index (χ1n) is 9.72. The zero-order valence-corrected chi connectivity index (χ0v) is 22.0. The van der Waals surface area contributed by atoms with Gasteiger partial charge >= 0.3 is 59.1 Å². The van der Waals surface area contributed by atoms with Gasteiger partial charge in [0.05, 0.1) is 5.75 Å². The Bertz CT molecular complexity index is 351. The van der Waals surface area contributed by atoms with E-state index in [1.165, 1.54) is 83.5 Å². The SMILES string of the molecule is CCCCCCCCCCCCCCCCNCCS(=O)(=O)O.[H-].[H-].[Na+].[Na+]. The molecule has 0 amide bonds. The van der Waals surface area contributed by atoms with Gasteiger partial charge in [-0.1, -0.05) is 90.4 Å². The third-order valence-corrected chi connectivity index (χ3v) is 4.96. The van der Waals surface area contributed by atoms with Crippen LogP contribution in [0, 0.1) is 0 Å². The van der Waals surface area contributed by atoms with E-state index in [1.807, 2.05) is 0 Å². The molecule has 144 valence electrons. The molecule has 0 fully saturated rings. The molecule has 0 atom stereocenters. The van der Waals surface area contributed by atoms with E-state index in [-0.39, 0.29) is 67.7 Å². The molecular weight excluding hydrogens is 356 g/mol. The third kappa shape index (κ3) is 30.8. The van der Waals surface area contributed by atoms with E-state index in [4.69, 9.17) is 4.55 Å². The fraction of sp³-hybridized carbons (Fsp3) is 1.00. The van der Waals surface area contributed by atoms with E-state index in [0.717, 1.165) is 13.0 Å². The molecule has 0 radical (unpaired) electrons. The van der Waals surface area contributed by atoms with Crippen molar-refractivity contribution >= 4 is 10.1 Å². The summed E-state index contributed by atoms with van der Waals surface area (Å²) in [6, 6.07) is 0. The fourth-order valence-electron chi connectivity index (χ4n) is 2.77. The maximum Gasteiger partial charge on any atom is 1.00 e. The van der Waals surface area contributed by atoms with Crippen LogP contribution in [0.3, 0.4) is 0 Å². The van der Waals surface area contributed by atoms with Crippen LogP contribution < -0.4 is 64.4 Å². The Hall–Kier alpha value is 1.87. The quantitative estimate of drug-likeness (QED) is 0.180. The smallest absolute Gasteiger partial charge is 1.00 e. The Morgan fingerprint density at radius 1 is 0.680 bits per heavy atom. The largest absolute Gasteiger partial charge is 1.00 e. The summed E-state index contributed by atoms with van der Waals surface area (Å²) in [5.74, 6) is -0.189. The molecular formula is C18H41NNa2O3S. The zero-order chi connectivity index (χ0) is 17.2. The van der Waals surface area contributed by atoms with Gasteiger partial charge in [-0.05, 0) is 13.0 Å². The van der Waals surface area contributed by atoms with Crippen LogP contribution >= 0.6 is 0 Å². The van der Waals surface area contributed by atoms with Gasteiger partial charge in [-0.2, -0.15) is 8.42 Å². The Balaban J connectivity index is -0.000000403. The number of unbranched alkanes of at least 4 members (excludes halogenated alkanes) is 13. The minimum Gasteiger partial charge on any atom is -1.00 e. The summed E-state index contributed by atoms with van der Waals surface area (Å²) in [6.07, 6.45) is 18.8. The van der Waals surface area contributed by atoms with Gasteiger partial charge in [0.25, 0.3) is 10.1 Å². The molecule has 0 aromatic heterocycles. The summed E-state index contributed by atoms with van der Waals surface area (Å²) >= 11 is 0. The van der Waals surface area contributed by atoms with Crippen molar-refractivity contribution in [1.82, 2.24) is 5.32 Å². The monoisotopic (exact) mass is 397 g/mol. The molecule has 0 aromatic rings. The Morgan fingerprint density at radius 2 is 1.04 bits per heavy atom. The van der Waals surface area contributed by atoms with E-state index in [0.29, 0.717) is 6.54 Å². The summed E-state index contributed by atoms with van der Waals surface area (Å²) in [5.41, 5.74) is 0. The topological polar surface area (TPSA) is 66.4 Å². The first-order valence-corrected chi connectivity index (χ1v) is 11.3. The van der Waals surface area contributed by atoms with Gasteiger partial charge in [0, 0.05) is 6.54 Å². The molecule has 25 heavy (non-hydrogen) atoms. The van der Waals surface area contributed by atoms with Gasteiger partial charge in [-0.15, -0.1) is 0 Å². The average Bonchev–Trinajstić information content (AvgIpc) is 2.49. The first-order chi connectivity index (χ1) is 11.1. The molecule has 0 aliphatic heterocycles. The normalized spacial score (nSPS) is 11.0. The molecule has 0 heterocycles. The molecule has 2 N–H and O–H groups in total. The standard InChI is InChI=1S/C18H39NO3S.2Na.2H/c1-2-3-4-5-6-7-8-9-10-11-12-13-14-15-16-19-17-18-23(20,21)22;;;;/h19H,2-18H2,1H3,(H,20,21,22);;;;/q;2*+1;2*-1. The van der Waals surface area contributed by atoms with Crippen molar-refractivity contribution in [3.63, 3.8) is 0 Å². The van der Waals surface area contributed by atoms with Crippen molar-refractivity contribution in [2.75, 3.05) is 18.8 Å². The number of hydrogen-bond donors (Lipinski definition) is 2. The van der Waals surface area contributed by atoms with E-state index in [1.54, 1.807) is 0 Å². The number of hydrogen-bond acceptors (Lipinski definition) is 3. The summed E-state index contributed by atoms with van der Waals surface area (Å²) < 4.78 is 29.6. The molecule has 0 bridgehead atoms. The van der Waals surface area contributed by atoms with E-state index in [9.17, 15) is 8.42 Å². The van der Waals surface area contributed by atoms with Gasteiger partial charge < -0.3 is 8.17 Å². The predicted molar refractivity (Wildman–Crippen MR) is 102 cm³/mol. The van der Waals surface area contributed by atoms with Crippen LogP contribution in [0.25, 0.3) is 0 Å². The van der Waals surface area contributed by atoms with E-state index >= 15 is 0 Å². The maximum absolute atomic E-state index is 10.5. The minimum absolute atomic E-state index is 0. The Kier molecular flexibility index (Phi) is 30.2. The van der Waals surface area contributed by atoms with E-state index in [2.05, 4.69) is 12.2 Å². The third-order valence-electron chi connectivity index (χ3n) is 4.24. The molecule has 4 nitrogen and oxygen atoms in total. The predicted octanol–water partition coefficient (Wildman–Crippen LogP) is -0.822. The minimum atomic E-state index is -3.81. The molecule has 0 saturated carbocycles. The van der Waals surface area contributed by atoms with Crippen LogP contribution in [0.4, 0.5) is 0 Å². The number of rotatable bonds is 18. The first kappa shape index (κ1) is 31.6. The van der Waals surface area contributed by atoms with Gasteiger partial charge in [0.15, 0.2) is 0 Å². The molecule has 0 rings (SSSR count). The molecule has 0 aliphatic rings. The second-order valence-electron chi connectivity index (χ2n) is 6.63. The summed E-state index contributed by atoms with van der Waals surface area (Å²) in [7, 11) is -3.81. The molecule has 0 aliphatic carbocycles. The van der Waals surface area contributed by atoms with Crippen LogP contribution in [0.15, 0.2) is 0 Å². The van der Waals surface area contributed by atoms with Gasteiger partial charge in [0.1, 0.15) is 0 Å². The van der Waals surface area contributed by atoms with Gasteiger partial charge in [-0.3, -0.25) is 4.55 Å². The van der Waals surface area contributed by atoms with Crippen molar-refractivity contribution in [3.8, 4) is 0 Å². The summed E-state index contributed by atoms with van der Waals surface area (Å²) in [5, 5.41) is 3.05. The van der Waals surface area contributed by atoms with Crippen molar-refractivity contribution < 1.29 is 74.9 Å². The Morgan fingerprint density at radius 3 is 1.40 bits per heavy atom. The Labute approximate surface area is 204 Å².